The third-order valence-corrected chi connectivity index (χ3v) is 6.02. The number of carbonyl (C=O) groups excluding carboxylic acids is 1. The highest BCUT2D eigenvalue weighted by atomic mass is 19.4. The summed E-state index contributed by atoms with van der Waals surface area (Å²) in [5.41, 5.74) is 0.269. The Morgan fingerprint density at radius 3 is 2.61 bits per heavy atom. The van der Waals surface area contributed by atoms with Crippen LogP contribution in [0.4, 0.5) is 13.2 Å². The van der Waals surface area contributed by atoms with Gasteiger partial charge < -0.3 is 16.0 Å². The number of hydrogen-bond acceptors (Lipinski definition) is 3. The Labute approximate surface area is 181 Å². The molecule has 0 radical (unpaired) electrons. The molecule has 0 bridgehead atoms. The zero-order valence-corrected chi connectivity index (χ0v) is 18.1. The van der Waals surface area contributed by atoms with Crippen LogP contribution in [0.15, 0.2) is 29.3 Å². The minimum atomic E-state index is -4.33. The van der Waals surface area contributed by atoms with Gasteiger partial charge in [-0.2, -0.15) is 13.2 Å². The maximum atomic E-state index is 12.9. The maximum absolute atomic E-state index is 12.9. The monoisotopic (exact) mass is 439 g/mol. The van der Waals surface area contributed by atoms with Crippen LogP contribution in [0.5, 0.6) is 0 Å². The third-order valence-electron chi connectivity index (χ3n) is 6.02. The second kappa shape index (κ2) is 10.3. The molecule has 172 valence electrons. The molecule has 2 saturated heterocycles. The molecular formula is C22H32F3N5O. The van der Waals surface area contributed by atoms with Gasteiger partial charge in [-0.3, -0.25) is 14.7 Å². The summed E-state index contributed by atoms with van der Waals surface area (Å²) in [5, 5.41) is 9.51. The van der Waals surface area contributed by atoms with Crippen molar-refractivity contribution in [2.45, 2.75) is 50.9 Å². The maximum Gasteiger partial charge on any atom is 0.416 e. The van der Waals surface area contributed by atoms with Crippen molar-refractivity contribution in [1.29, 1.82) is 0 Å². The topological polar surface area (TPSA) is 68.8 Å². The van der Waals surface area contributed by atoms with E-state index in [1.54, 1.807) is 12.1 Å². The fourth-order valence-electron chi connectivity index (χ4n) is 4.42. The number of likely N-dealkylation sites (tertiary alicyclic amines) is 1. The van der Waals surface area contributed by atoms with E-state index < -0.39 is 11.7 Å². The molecule has 2 aliphatic heterocycles. The lowest BCUT2D eigenvalue weighted by Crippen LogP contribution is -2.51. The van der Waals surface area contributed by atoms with Crippen molar-refractivity contribution in [2.75, 3.05) is 33.2 Å². The Kier molecular flexibility index (Phi) is 7.80. The van der Waals surface area contributed by atoms with Crippen molar-refractivity contribution in [3.63, 3.8) is 0 Å². The van der Waals surface area contributed by atoms with Crippen molar-refractivity contribution < 1.29 is 18.0 Å². The van der Waals surface area contributed by atoms with Gasteiger partial charge in [-0.05, 0) is 63.4 Å². The van der Waals surface area contributed by atoms with Crippen LogP contribution in [-0.2, 0) is 11.0 Å². The van der Waals surface area contributed by atoms with Crippen LogP contribution in [0.25, 0.3) is 0 Å². The number of carbonyl (C=O) groups is 1. The molecule has 6 nitrogen and oxygen atoms in total. The lowest BCUT2D eigenvalue weighted by molar-refractivity contribution is -0.137. The Morgan fingerprint density at radius 2 is 2.00 bits per heavy atom. The van der Waals surface area contributed by atoms with E-state index in [0.29, 0.717) is 25.5 Å². The van der Waals surface area contributed by atoms with Gasteiger partial charge >= 0.3 is 6.18 Å². The SMILES string of the molecule is CCNC(=NCC1CCCN(C)C1c1ccc(C(F)(F)F)cc1)NC1CCC(=O)NC1. The number of alkyl halides is 3. The van der Waals surface area contributed by atoms with E-state index in [1.807, 2.05) is 14.0 Å². The lowest BCUT2D eigenvalue weighted by atomic mass is 9.84. The van der Waals surface area contributed by atoms with Crippen LogP contribution < -0.4 is 16.0 Å². The first-order valence-electron chi connectivity index (χ1n) is 11.0. The average molecular weight is 440 g/mol. The summed E-state index contributed by atoms with van der Waals surface area (Å²) in [6, 6.07) is 5.69. The smallest absolute Gasteiger partial charge is 0.357 e. The largest absolute Gasteiger partial charge is 0.416 e. The van der Waals surface area contributed by atoms with Crippen LogP contribution in [0.2, 0.25) is 0 Å². The van der Waals surface area contributed by atoms with Crippen molar-refractivity contribution in [3.05, 3.63) is 35.4 Å². The number of hydrogen-bond donors (Lipinski definition) is 3. The van der Waals surface area contributed by atoms with Gasteiger partial charge in [-0.1, -0.05) is 12.1 Å². The number of nitrogens with one attached hydrogen (secondary N) is 3. The van der Waals surface area contributed by atoms with Crippen LogP contribution in [0, 0.1) is 5.92 Å². The summed E-state index contributed by atoms with van der Waals surface area (Å²) in [7, 11) is 2.02. The predicted molar refractivity (Wildman–Crippen MR) is 115 cm³/mol. The van der Waals surface area contributed by atoms with E-state index in [-0.39, 0.29) is 23.9 Å². The molecule has 2 fully saturated rings. The average Bonchev–Trinajstić information content (AvgIpc) is 2.73. The van der Waals surface area contributed by atoms with Gasteiger partial charge in [0.25, 0.3) is 0 Å². The van der Waals surface area contributed by atoms with Crippen LogP contribution in [-0.4, -0.2) is 56.0 Å². The lowest BCUT2D eigenvalue weighted by Gasteiger charge is -2.39. The molecule has 2 aliphatic rings. The Balaban J connectivity index is 1.71. The minimum Gasteiger partial charge on any atom is -0.357 e. The Bertz CT molecular complexity index is 755. The van der Waals surface area contributed by atoms with Gasteiger partial charge in [0, 0.05) is 38.1 Å². The first-order chi connectivity index (χ1) is 14.8. The molecule has 0 aromatic heterocycles. The summed E-state index contributed by atoms with van der Waals surface area (Å²) >= 11 is 0. The second-order valence-electron chi connectivity index (χ2n) is 8.35. The fourth-order valence-corrected chi connectivity index (χ4v) is 4.42. The third kappa shape index (κ3) is 6.35. The van der Waals surface area contributed by atoms with E-state index in [1.165, 1.54) is 12.1 Å². The highest BCUT2D eigenvalue weighted by Crippen LogP contribution is 2.37. The molecule has 31 heavy (non-hydrogen) atoms. The van der Waals surface area contributed by atoms with Gasteiger partial charge in [0.1, 0.15) is 0 Å². The summed E-state index contributed by atoms with van der Waals surface area (Å²) in [4.78, 5) is 18.4. The molecule has 3 atom stereocenters. The Hall–Kier alpha value is -2.29. The molecule has 3 unspecified atom stereocenters. The van der Waals surface area contributed by atoms with Crippen molar-refractivity contribution in [2.24, 2.45) is 10.9 Å². The van der Waals surface area contributed by atoms with Gasteiger partial charge in [-0.25, -0.2) is 0 Å². The molecule has 0 spiro atoms. The highest BCUT2D eigenvalue weighted by Gasteiger charge is 2.33. The zero-order valence-electron chi connectivity index (χ0n) is 18.1. The molecular weight excluding hydrogens is 407 g/mol. The quantitative estimate of drug-likeness (QED) is 0.488. The zero-order chi connectivity index (χ0) is 22.4. The standard InChI is InChI=1S/C22H32F3N5O/c1-3-26-21(29-18-10-11-19(31)27-14-18)28-13-16-5-4-12-30(2)20(16)15-6-8-17(9-7-15)22(23,24)25/h6-9,16,18,20H,3-5,10-14H2,1-2H3,(H,27,31)(H2,26,28,29). The number of halogens is 3. The van der Waals surface area contributed by atoms with Crippen LogP contribution >= 0.6 is 0 Å². The summed E-state index contributed by atoms with van der Waals surface area (Å²) in [6.07, 6.45) is -1.06. The first kappa shape index (κ1) is 23.4. The van der Waals surface area contributed by atoms with E-state index in [0.717, 1.165) is 37.9 Å². The molecule has 0 saturated carbocycles. The van der Waals surface area contributed by atoms with Gasteiger partial charge in [0.05, 0.1) is 5.56 Å². The molecule has 3 rings (SSSR count). The summed E-state index contributed by atoms with van der Waals surface area (Å²) in [6.45, 7) is 4.77. The summed E-state index contributed by atoms with van der Waals surface area (Å²) < 4.78 is 38.8. The Morgan fingerprint density at radius 1 is 1.26 bits per heavy atom. The highest BCUT2D eigenvalue weighted by molar-refractivity contribution is 5.81. The van der Waals surface area contributed by atoms with Gasteiger partial charge in [0.15, 0.2) is 5.96 Å². The van der Waals surface area contributed by atoms with E-state index >= 15 is 0 Å². The number of guanidine groups is 1. The van der Waals surface area contributed by atoms with E-state index in [9.17, 15) is 18.0 Å². The summed E-state index contributed by atoms with van der Waals surface area (Å²) in [5.74, 6) is 0.990. The molecule has 3 N–H and O–H groups in total. The minimum absolute atomic E-state index is 0.0247. The molecule has 1 aromatic carbocycles. The number of aliphatic imine (C=N–C) groups is 1. The molecule has 1 amide bonds. The molecule has 9 heteroatoms. The van der Waals surface area contributed by atoms with Crippen LogP contribution in [0.3, 0.4) is 0 Å². The number of piperidine rings is 2. The van der Waals surface area contributed by atoms with Crippen molar-refractivity contribution >= 4 is 11.9 Å². The predicted octanol–water partition coefficient (Wildman–Crippen LogP) is 2.92. The fraction of sp³-hybridized carbons (Fsp3) is 0.636. The first-order valence-corrected chi connectivity index (χ1v) is 11.0. The molecule has 2 heterocycles. The van der Waals surface area contributed by atoms with Crippen molar-refractivity contribution in [3.8, 4) is 0 Å². The number of rotatable bonds is 5. The molecule has 0 aliphatic carbocycles. The van der Waals surface area contributed by atoms with Gasteiger partial charge in [-0.15, -0.1) is 0 Å². The second-order valence-corrected chi connectivity index (χ2v) is 8.35. The van der Waals surface area contributed by atoms with Crippen molar-refractivity contribution in [1.82, 2.24) is 20.9 Å². The number of benzene rings is 1. The normalized spacial score (nSPS) is 25.8. The van der Waals surface area contributed by atoms with E-state index in [4.69, 9.17) is 4.99 Å². The van der Waals surface area contributed by atoms with Gasteiger partial charge in [0.2, 0.25) is 5.91 Å². The number of amides is 1. The number of nitrogens with zero attached hydrogens (tertiary/aromatic N) is 2. The molecule has 1 aromatic rings. The van der Waals surface area contributed by atoms with Crippen LogP contribution in [0.1, 0.15) is 49.8 Å². The van der Waals surface area contributed by atoms with E-state index in [2.05, 4.69) is 20.9 Å².